The standard InChI is InChI=1S/C32H32N2O9S/c1-18(35)39-17-27-28(40-19(2)36)29(41-20(3)37)30(42-21(4)38)32(43-27)44-31-25(16-33)24(22-11-7-5-8-12-22)15-26(34-31)23-13-9-6-10-14-23/h5-15,24,27-30,32,34H,17H2,1-4H3/t24?,27-,28-,29+,30-,32+/m1/s1. The molecule has 0 spiro atoms. The van der Waals surface area contributed by atoms with Crippen LogP contribution < -0.4 is 5.32 Å². The molecule has 4 rings (SSSR count). The van der Waals surface area contributed by atoms with E-state index in [1.54, 1.807) is 0 Å². The van der Waals surface area contributed by atoms with Crippen LogP contribution in [0.25, 0.3) is 5.70 Å². The molecule has 2 heterocycles. The van der Waals surface area contributed by atoms with Crippen molar-refractivity contribution in [1.82, 2.24) is 5.32 Å². The molecule has 2 aliphatic heterocycles. The quantitative estimate of drug-likeness (QED) is 0.319. The Labute approximate surface area is 259 Å². The fourth-order valence-corrected chi connectivity index (χ4v) is 6.19. The molecule has 1 N–H and O–H groups in total. The minimum atomic E-state index is -1.32. The minimum absolute atomic E-state index is 0.353. The Bertz CT molecular complexity index is 1490. The smallest absolute Gasteiger partial charge is 0.303 e. The van der Waals surface area contributed by atoms with Crippen LogP contribution in [0.15, 0.2) is 77.3 Å². The zero-order chi connectivity index (χ0) is 31.8. The van der Waals surface area contributed by atoms with Crippen LogP contribution in [0.3, 0.4) is 0 Å². The molecule has 44 heavy (non-hydrogen) atoms. The Morgan fingerprint density at radius 2 is 1.39 bits per heavy atom. The average Bonchev–Trinajstić information content (AvgIpc) is 2.99. The zero-order valence-electron chi connectivity index (χ0n) is 24.6. The Morgan fingerprint density at radius 1 is 0.818 bits per heavy atom. The average molecular weight is 621 g/mol. The third-order valence-electron chi connectivity index (χ3n) is 6.68. The molecule has 2 aromatic rings. The Kier molecular flexibility index (Phi) is 10.8. The molecule has 0 amide bonds. The normalized spacial score (nSPS) is 24.6. The van der Waals surface area contributed by atoms with Gasteiger partial charge in [0.2, 0.25) is 0 Å². The van der Waals surface area contributed by atoms with Crippen molar-refractivity contribution in [2.24, 2.45) is 0 Å². The van der Waals surface area contributed by atoms with Gasteiger partial charge in [-0.2, -0.15) is 5.26 Å². The van der Waals surface area contributed by atoms with Gasteiger partial charge in [0.15, 0.2) is 23.7 Å². The minimum Gasteiger partial charge on any atom is -0.463 e. The van der Waals surface area contributed by atoms with E-state index in [4.69, 9.17) is 23.7 Å². The maximum absolute atomic E-state index is 12.3. The first kappa shape index (κ1) is 32.3. The van der Waals surface area contributed by atoms with Crippen molar-refractivity contribution in [3.05, 3.63) is 88.5 Å². The summed E-state index contributed by atoms with van der Waals surface area (Å²) >= 11 is 1.04. The van der Waals surface area contributed by atoms with E-state index in [0.717, 1.165) is 42.4 Å². The third-order valence-corrected chi connectivity index (χ3v) is 7.85. The Hall–Kier alpha value is -4.60. The van der Waals surface area contributed by atoms with Crippen LogP contribution in [0.2, 0.25) is 0 Å². The lowest BCUT2D eigenvalue weighted by Crippen LogP contribution is -2.61. The van der Waals surface area contributed by atoms with Crippen LogP contribution in [0.4, 0.5) is 0 Å². The maximum Gasteiger partial charge on any atom is 0.303 e. The lowest BCUT2D eigenvalue weighted by Gasteiger charge is -2.44. The maximum atomic E-state index is 12.3. The van der Waals surface area contributed by atoms with E-state index in [1.165, 1.54) is 13.8 Å². The van der Waals surface area contributed by atoms with E-state index < -0.39 is 59.6 Å². The predicted molar refractivity (Wildman–Crippen MR) is 159 cm³/mol. The van der Waals surface area contributed by atoms with Crippen molar-refractivity contribution < 1.29 is 42.9 Å². The molecule has 2 aromatic carbocycles. The molecular weight excluding hydrogens is 588 g/mol. The van der Waals surface area contributed by atoms with Gasteiger partial charge in [-0.1, -0.05) is 72.4 Å². The first-order chi connectivity index (χ1) is 21.1. The van der Waals surface area contributed by atoms with E-state index in [1.807, 2.05) is 66.7 Å². The second-order valence-electron chi connectivity index (χ2n) is 10.00. The van der Waals surface area contributed by atoms with Crippen molar-refractivity contribution >= 4 is 41.3 Å². The SMILES string of the molecule is CC(=O)OC[C@H]1O[C@@H](SC2=C(C#N)C(c3ccccc3)C=C(c3ccccc3)N2)[C@H](OC(C)=O)[C@@H](OC(C)=O)[C@@H]1OC(C)=O. The molecule has 1 fully saturated rings. The van der Waals surface area contributed by atoms with Crippen molar-refractivity contribution in [1.29, 1.82) is 5.26 Å². The molecule has 230 valence electrons. The monoisotopic (exact) mass is 620 g/mol. The highest BCUT2D eigenvalue weighted by molar-refractivity contribution is 8.03. The van der Waals surface area contributed by atoms with Gasteiger partial charge in [-0.3, -0.25) is 19.2 Å². The van der Waals surface area contributed by atoms with Crippen LogP contribution >= 0.6 is 11.8 Å². The van der Waals surface area contributed by atoms with Crippen LogP contribution in [-0.2, 0) is 42.9 Å². The number of carbonyl (C=O) groups is 4. The van der Waals surface area contributed by atoms with Gasteiger partial charge in [-0.15, -0.1) is 0 Å². The van der Waals surface area contributed by atoms with Crippen molar-refractivity contribution in [3.8, 4) is 6.07 Å². The molecule has 0 bridgehead atoms. The van der Waals surface area contributed by atoms with Gasteiger partial charge in [-0.25, -0.2) is 0 Å². The number of dihydropyridines is 1. The van der Waals surface area contributed by atoms with Gasteiger partial charge >= 0.3 is 23.9 Å². The molecule has 0 aromatic heterocycles. The zero-order valence-corrected chi connectivity index (χ0v) is 25.4. The number of nitriles is 1. The number of carbonyl (C=O) groups excluding carboxylic acids is 4. The summed E-state index contributed by atoms with van der Waals surface area (Å²) in [6.45, 7) is 4.35. The predicted octanol–water partition coefficient (Wildman–Crippen LogP) is 3.97. The van der Waals surface area contributed by atoms with E-state index in [9.17, 15) is 24.4 Å². The second kappa shape index (κ2) is 14.7. The van der Waals surface area contributed by atoms with Gasteiger partial charge in [0, 0.05) is 39.3 Å². The Morgan fingerprint density at radius 3 is 1.95 bits per heavy atom. The number of nitrogens with zero attached hydrogens (tertiary/aromatic N) is 1. The highest BCUT2D eigenvalue weighted by Gasteiger charge is 2.53. The molecule has 12 heteroatoms. The summed E-state index contributed by atoms with van der Waals surface area (Å²) in [5.74, 6) is -3.21. The number of hydrogen-bond acceptors (Lipinski definition) is 12. The molecule has 11 nitrogen and oxygen atoms in total. The van der Waals surface area contributed by atoms with Crippen LogP contribution in [0.1, 0.15) is 44.7 Å². The fourth-order valence-electron chi connectivity index (χ4n) is 4.94. The van der Waals surface area contributed by atoms with E-state index in [-0.39, 0.29) is 6.61 Å². The van der Waals surface area contributed by atoms with Crippen LogP contribution in [-0.4, -0.2) is 60.3 Å². The fraction of sp³-hybridized carbons (Fsp3) is 0.344. The Balaban J connectivity index is 1.80. The summed E-state index contributed by atoms with van der Waals surface area (Å²) in [5, 5.41) is 14.1. The number of rotatable bonds is 9. The largest absolute Gasteiger partial charge is 0.463 e. The van der Waals surface area contributed by atoms with Gasteiger partial charge in [-0.05, 0) is 17.2 Å². The molecule has 1 unspecified atom stereocenters. The van der Waals surface area contributed by atoms with E-state index >= 15 is 0 Å². The number of nitrogens with one attached hydrogen (secondary N) is 1. The first-order valence-electron chi connectivity index (χ1n) is 13.8. The van der Waals surface area contributed by atoms with Crippen molar-refractivity contribution in [3.63, 3.8) is 0 Å². The number of ether oxygens (including phenoxy) is 5. The topological polar surface area (TPSA) is 150 Å². The number of thioether (sulfide) groups is 1. The summed E-state index contributed by atoms with van der Waals surface area (Å²) in [5.41, 5.74) is 1.73. The first-order valence-corrected chi connectivity index (χ1v) is 14.7. The van der Waals surface area contributed by atoms with Crippen LogP contribution in [0, 0.1) is 11.3 Å². The summed E-state index contributed by atoms with van der Waals surface area (Å²) in [4.78, 5) is 48.3. The summed E-state index contributed by atoms with van der Waals surface area (Å²) < 4.78 is 28.1. The van der Waals surface area contributed by atoms with E-state index in [2.05, 4.69) is 11.4 Å². The highest BCUT2D eigenvalue weighted by Crippen LogP contribution is 2.43. The van der Waals surface area contributed by atoms with Gasteiger partial charge < -0.3 is 29.0 Å². The molecule has 0 radical (unpaired) electrons. The number of allylic oxidation sites excluding steroid dienone is 2. The molecule has 1 saturated heterocycles. The highest BCUT2D eigenvalue weighted by atomic mass is 32.2. The lowest BCUT2D eigenvalue weighted by molar-refractivity contribution is -0.237. The number of esters is 4. The molecular formula is C32H32N2O9S. The third kappa shape index (κ3) is 8.06. The van der Waals surface area contributed by atoms with Crippen molar-refractivity contribution in [2.45, 2.75) is 63.5 Å². The molecule has 2 aliphatic rings. The van der Waals surface area contributed by atoms with Gasteiger partial charge in [0.05, 0.1) is 16.7 Å². The number of benzene rings is 2. The second-order valence-corrected chi connectivity index (χ2v) is 11.1. The molecule has 6 atom stereocenters. The molecule has 0 saturated carbocycles. The summed E-state index contributed by atoms with van der Waals surface area (Å²) in [6.07, 6.45) is -3.04. The lowest BCUT2D eigenvalue weighted by atomic mass is 9.88. The summed E-state index contributed by atoms with van der Waals surface area (Å²) in [7, 11) is 0. The van der Waals surface area contributed by atoms with Gasteiger partial charge in [0.1, 0.15) is 12.7 Å². The van der Waals surface area contributed by atoms with Crippen LogP contribution in [0.5, 0.6) is 0 Å². The molecule has 0 aliphatic carbocycles. The van der Waals surface area contributed by atoms with Crippen molar-refractivity contribution in [2.75, 3.05) is 6.61 Å². The summed E-state index contributed by atoms with van der Waals surface area (Å²) in [6, 6.07) is 21.3. The van der Waals surface area contributed by atoms with E-state index in [0.29, 0.717) is 10.6 Å². The van der Waals surface area contributed by atoms with Gasteiger partial charge in [0.25, 0.3) is 0 Å². The number of hydrogen-bond donors (Lipinski definition) is 1.